The Morgan fingerprint density at radius 1 is 1.00 bits per heavy atom. The van der Waals surface area contributed by atoms with Gasteiger partial charge in [0.1, 0.15) is 0 Å². The fraction of sp³-hybridized carbons (Fsp3) is 0.455. The Hall–Kier alpha value is -2.40. The van der Waals surface area contributed by atoms with E-state index in [4.69, 9.17) is 18.9 Å². The first-order valence-corrected chi connectivity index (χ1v) is 9.45. The summed E-state index contributed by atoms with van der Waals surface area (Å²) in [6.07, 6.45) is 2.30. The van der Waals surface area contributed by atoms with Crippen LogP contribution in [0.15, 0.2) is 30.3 Å². The zero-order chi connectivity index (χ0) is 19.0. The maximum absolute atomic E-state index is 6.25. The van der Waals surface area contributed by atoms with Crippen LogP contribution < -0.4 is 19.5 Å². The van der Waals surface area contributed by atoms with Gasteiger partial charge in [0.25, 0.3) is 0 Å². The summed E-state index contributed by atoms with van der Waals surface area (Å²) < 4.78 is 22.9. The molecular formula is C22H27NO4. The molecule has 1 N–H and O–H groups in total. The normalized spacial score (nSPS) is 23.6. The minimum Gasteiger partial charge on any atom is -0.493 e. The van der Waals surface area contributed by atoms with Crippen molar-refractivity contribution in [3.8, 4) is 17.2 Å². The molecule has 0 amide bonds. The second kappa shape index (κ2) is 7.31. The van der Waals surface area contributed by atoms with E-state index >= 15 is 0 Å². The van der Waals surface area contributed by atoms with Crippen LogP contribution in [-0.4, -0.2) is 27.9 Å². The molecule has 2 heterocycles. The van der Waals surface area contributed by atoms with Crippen molar-refractivity contribution < 1.29 is 18.9 Å². The molecule has 1 unspecified atom stereocenters. The zero-order valence-corrected chi connectivity index (χ0v) is 16.4. The summed E-state index contributed by atoms with van der Waals surface area (Å²) in [5.74, 6) is 2.33. The van der Waals surface area contributed by atoms with Crippen LogP contribution in [0.3, 0.4) is 0 Å². The fourth-order valence-corrected chi connectivity index (χ4v) is 4.40. The molecule has 2 aliphatic rings. The number of hydrogen-bond donors (Lipinski definition) is 1. The van der Waals surface area contributed by atoms with Crippen LogP contribution in [0.25, 0.3) is 0 Å². The Morgan fingerprint density at radius 3 is 2.41 bits per heavy atom. The summed E-state index contributed by atoms with van der Waals surface area (Å²) in [6.45, 7) is 2.94. The first-order valence-electron chi connectivity index (χ1n) is 9.45. The third-order valence-electron chi connectivity index (χ3n) is 5.67. The van der Waals surface area contributed by atoms with Crippen LogP contribution in [0, 0.1) is 12.8 Å². The number of aryl methyl sites for hydroxylation is 1. The zero-order valence-electron chi connectivity index (χ0n) is 16.4. The molecule has 1 saturated heterocycles. The molecule has 27 heavy (non-hydrogen) atoms. The van der Waals surface area contributed by atoms with Crippen molar-refractivity contribution >= 4 is 5.69 Å². The molecule has 1 fully saturated rings. The van der Waals surface area contributed by atoms with E-state index in [0.717, 1.165) is 30.7 Å². The fourth-order valence-electron chi connectivity index (χ4n) is 4.40. The highest BCUT2D eigenvalue weighted by atomic mass is 16.5. The first-order chi connectivity index (χ1) is 13.2. The van der Waals surface area contributed by atoms with E-state index in [1.165, 1.54) is 11.1 Å². The standard InChI is InChI=1S/C22H27NO4/c1-13-7-8-17-16(10-13)21-15(6-5-9-27-21)20(23-17)14-11-18(24-2)22(26-4)19(12-14)25-3/h7-8,10-12,15,20-21,23H,5-6,9H2,1-4H3/t15-,20?,21-/m0/s1. The van der Waals surface area contributed by atoms with E-state index < -0.39 is 0 Å². The molecule has 2 aliphatic heterocycles. The summed E-state index contributed by atoms with van der Waals surface area (Å²) >= 11 is 0. The lowest BCUT2D eigenvalue weighted by Gasteiger charge is -2.43. The molecule has 144 valence electrons. The average Bonchev–Trinajstić information content (AvgIpc) is 2.72. The molecule has 0 spiro atoms. The minimum absolute atomic E-state index is 0.110. The molecule has 3 atom stereocenters. The van der Waals surface area contributed by atoms with Crippen molar-refractivity contribution in [2.24, 2.45) is 5.92 Å². The van der Waals surface area contributed by atoms with Gasteiger partial charge in [0.15, 0.2) is 11.5 Å². The van der Waals surface area contributed by atoms with Gasteiger partial charge in [-0.25, -0.2) is 0 Å². The van der Waals surface area contributed by atoms with E-state index in [1.54, 1.807) is 21.3 Å². The number of hydrogen-bond acceptors (Lipinski definition) is 5. The summed E-state index contributed by atoms with van der Waals surface area (Å²) in [5.41, 5.74) is 4.79. The van der Waals surface area contributed by atoms with E-state index in [-0.39, 0.29) is 12.1 Å². The van der Waals surface area contributed by atoms with Crippen molar-refractivity contribution in [2.45, 2.75) is 31.9 Å². The van der Waals surface area contributed by atoms with Gasteiger partial charge in [-0.05, 0) is 43.5 Å². The summed E-state index contributed by atoms with van der Waals surface area (Å²) in [4.78, 5) is 0. The van der Waals surface area contributed by atoms with Crippen LogP contribution in [0.1, 0.15) is 41.7 Å². The topological polar surface area (TPSA) is 49.0 Å². The first kappa shape index (κ1) is 18.0. The third-order valence-corrected chi connectivity index (χ3v) is 5.67. The van der Waals surface area contributed by atoms with Gasteiger partial charge in [0.2, 0.25) is 5.75 Å². The number of anilines is 1. The predicted molar refractivity (Wildman–Crippen MR) is 105 cm³/mol. The Kier molecular flexibility index (Phi) is 4.87. The quantitative estimate of drug-likeness (QED) is 0.850. The van der Waals surface area contributed by atoms with Crippen LogP contribution in [0.5, 0.6) is 17.2 Å². The molecular weight excluding hydrogens is 342 g/mol. The SMILES string of the molecule is COc1cc(C2Nc3ccc(C)cc3[C@H]3OCCC[C@@H]23)cc(OC)c1OC. The van der Waals surface area contributed by atoms with Gasteiger partial charge >= 0.3 is 0 Å². The van der Waals surface area contributed by atoms with Gasteiger partial charge in [0.05, 0.1) is 33.5 Å². The second-order valence-electron chi connectivity index (χ2n) is 7.27. The monoisotopic (exact) mass is 369 g/mol. The van der Waals surface area contributed by atoms with Gasteiger partial charge in [-0.1, -0.05) is 17.7 Å². The van der Waals surface area contributed by atoms with E-state index in [0.29, 0.717) is 23.2 Å². The Labute approximate surface area is 160 Å². The number of fused-ring (bicyclic) bond motifs is 3. The van der Waals surface area contributed by atoms with E-state index in [9.17, 15) is 0 Å². The summed E-state index contributed by atoms with van der Waals surface area (Å²) in [7, 11) is 4.93. The van der Waals surface area contributed by atoms with Crippen LogP contribution >= 0.6 is 0 Å². The average molecular weight is 369 g/mol. The highest BCUT2D eigenvalue weighted by molar-refractivity contribution is 5.60. The lowest BCUT2D eigenvalue weighted by Crippen LogP contribution is -2.36. The Bertz CT molecular complexity index is 810. The Morgan fingerprint density at radius 2 is 1.74 bits per heavy atom. The van der Waals surface area contributed by atoms with Crippen LogP contribution in [0.4, 0.5) is 5.69 Å². The summed E-state index contributed by atoms with van der Waals surface area (Å²) in [6, 6.07) is 10.8. The number of nitrogens with one attached hydrogen (secondary N) is 1. The lowest BCUT2D eigenvalue weighted by atomic mass is 9.77. The highest BCUT2D eigenvalue weighted by Crippen LogP contribution is 2.51. The maximum Gasteiger partial charge on any atom is 0.203 e. The maximum atomic E-state index is 6.25. The largest absolute Gasteiger partial charge is 0.493 e. The predicted octanol–water partition coefficient (Wildman–Crippen LogP) is 4.66. The molecule has 2 aromatic rings. The van der Waals surface area contributed by atoms with Gasteiger partial charge < -0.3 is 24.3 Å². The molecule has 2 aromatic carbocycles. The smallest absolute Gasteiger partial charge is 0.203 e. The van der Waals surface area contributed by atoms with Crippen molar-refractivity contribution in [1.82, 2.24) is 0 Å². The molecule has 5 heteroatoms. The van der Waals surface area contributed by atoms with Gasteiger partial charge in [0, 0.05) is 23.8 Å². The van der Waals surface area contributed by atoms with Crippen LogP contribution in [-0.2, 0) is 4.74 Å². The molecule has 5 nitrogen and oxygen atoms in total. The number of benzene rings is 2. The van der Waals surface area contributed by atoms with Crippen molar-refractivity contribution in [2.75, 3.05) is 33.3 Å². The molecule has 4 rings (SSSR count). The third kappa shape index (κ3) is 3.10. The summed E-state index contributed by atoms with van der Waals surface area (Å²) in [5, 5.41) is 3.75. The van der Waals surface area contributed by atoms with Gasteiger partial charge in [-0.2, -0.15) is 0 Å². The molecule has 0 saturated carbocycles. The highest BCUT2D eigenvalue weighted by Gasteiger charge is 2.40. The molecule has 0 aromatic heterocycles. The van der Waals surface area contributed by atoms with Crippen molar-refractivity contribution in [3.05, 3.63) is 47.0 Å². The van der Waals surface area contributed by atoms with Gasteiger partial charge in [-0.3, -0.25) is 0 Å². The van der Waals surface area contributed by atoms with Gasteiger partial charge in [-0.15, -0.1) is 0 Å². The second-order valence-corrected chi connectivity index (χ2v) is 7.27. The number of rotatable bonds is 4. The number of methoxy groups -OCH3 is 3. The molecule has 0 aliphatic carbocycles. The van der Waals surface area contributed by atoms with Crippen molar-refractivity contribution in [3.63, 3.8) is 0 Å². The van der Waals surface area contributed by atoms with E-state index in [1.807, 2.05) is 12.1 Å². The molecule has 0 bridgehead atoms. The minimum atomic E-state index is 0.110. The number of ether oxygens (including phenoxy) is 4. The van der Waals surface area contributed by atoms with E-state index in [2.05, 4.69) is 30.4 Å². The Balaban J connectivity index is 1.80. The molecule has 0 radical (unpaired) electrons. The lowest BCUT2D eigenvalue weighted by molar-refractivity contribution is -0.0382. The van der Waals surface area contributed by atoms with Crippen LogP contribution in [0.2, 0.25) is 0 Å². The van der Waals surface area contributed by atoms with Crippen molar-refractivity contribution in [1.29, 1.82) is 0 Å².